The first kappa shape index (κ1) is 16.2. The molecule has 0 atom stereocenters. The Bertz CT molecular complexity index is 477. The molecule has 0 spiro atoms. The quantitative estimate of drug-likeness (QED) is 0.588. The van der Waals surface area contributed by atoms with Crippen molar-refractivity contribution in [3.05, 3.63) is 35.4 Å². The van der Waals surface area contributed by atoms with Crippen LogP contribution in [0.15, 0.2) is 24.3 Å². The van der Waals surface area contributed by atoms with Gasteiger partial charge in [0.1, 0.15) is 13.2 Å². The van der Waals surface area contributed by atoms with Gasteiger partial charge in [-0.1, -0.05) is 12.1 Å². The van der Waals surface area contributed by atoms with Crippen molar-refractivity contribution in [2.45, 2.75) is 6.92 Å². The largest absolute Gasteiger partial charge is 0.462 e. The van der Waals surface area contributed by atoms with E-state index in [1.807, 2.05) is 21.1 Å². The molecule has 0 unspecified atom stereocenters. The molecular formula is C15H22NO4+. The second kappa shape index (κ2) is 7.05. The summed E-state index contributed by atoms with van der Waals surface area (Å²) >= 11 is 0. The molecule has 0 bridgehead atoms. The Morgan fingerprint density at radius 2 is 1.50 bits per heavy atom. The third-order valence-corrected chi connectivity index (χ3v) is 2.64. The molecule has 0 radical (unpaired) electrons. The van der Waals surface area contributed by atoms with Crippen LogP contribution in [0.1, 0.15) is 27.6 Å². The number of nitrogens with zero attached hydrogens (tertiary/aromatic N) is 1. The summed E-state index contributed by atoms with van der Waals surface area (Å²) < 4.78 is 10.8. The molecule has 0 saturated heterocycles. The van der Waals surface area contributed by atoms with Gasteiger partial charge in [0.25, 0.3) is 0 Å². The van der Waals surface area contributed by atoms with Crippen LogP contribution in [-0.2, 0) is 9.47 Å². The highest BCUT2D eigenvalue weighted by atomic mass is 16.5. The Morgan fingerprint density at radius 1 is 1.00 bits per heavy atom. The number of ether oxygens (including phenoxy) is 2. The maximum atomic E-state index is 12.0. The molecule has 20 heavy (non-hydrogen) atoms. The van der Waals surface area contributed by atoms with E-state index in [-0.39, 0.29) is 17.7 Å². The lowest BCUT2D eigenvalue weighted by atomic mass is 10.1. The van der Waals surface area contributed by atoms with Crippen LogP contribution >= 0.6 is 0 Å². The third kappa shape index (κ3) is 5.01. The highest BCUT2D eigenvalue weighted by Gasteiger charge is 2.19. The molecular weight excluding hydrogens is 258 g/mol. The first-order chi connectivity index (χ1) is 9.35. The van der Waals surface area contributed by atoms with Crippen LogP contribution in [-0.4, -0.2) is 57.3 Å². The molecule has 0 fully saturated rings. The topological polar surface area (TPSA) is 52.6 Å². The summed E-state index contributed by atoms with van der Waals surface area (Å²) in [5, 5.41) is 0. The van der Waals surface area contributed by atoms with Gasteiger partial charge in [-0.15, -0.1) is 0 Å². The lowest BCUT2D eigenvalue weighted by Crippen LogP contribution is -2.38. The minimum Gasteiger partial charge on any atom is -0.462 e. The molecule has 0 aliphatic rings. The van der Waals surface area contributed by atoms with Gasteiger partial charge < -0.3 is 14.0 Å². The Morgan fingerprint density at radius 3 is 1.95 bits per heavy atom. The summed E-state index contributed by atoms with van der Waals surface area (Å²) in [6.45, 7) is 3.00. The number of hydrogen-bond acceptors (Lipinski definition) is 4. The monoisotopic (exact) mass is 280 g/mol. The molecule has 0 N–H and O–H groups in total. The van der Waals surface area contributed by atoms with Crippen molar-refractivity contribution in [2.24, 2.45) is 0 Å². The predicted molar refractivity (Wildman–Crippen MR) is 75.6 cm³/mol. The number of esters is 2. The summed E-state index contributed by atoms with van der Waals surface area (Å²) in [6, 6.07) is 6.52. The molecule has 0 heterocycles. The van der Waals surface area contributed by atoms with Crippen molar-refractivity contribution >= 4 is 11.9 Å². The highest BCUT2D eigenvalue weighted by molar-refractivity contribution is 6.03. The van der Waals surface area contributed by atoms with Gasteiger partial charge in [0.2, 0.25) is 0 Å². The number of rotatable bonds is 6. The molecule has 1 aromatic carbocycles. The average Bonchev–Trinajstić information content (AvgIpc) is 2.37. The van der Waals surface area contributed by atoms with E-state index >= 15 is 0 Å². The zero-order chi connectivity index (χ0) is 15.2. The second-order valence-electron chi connectivity index (χ2n) is 5.42. The van der Waals surface area contributed by atoms with Gasteiger partial charge >= 0.3 is 11.9 Å². The number of hydrogen-bond donors (Lipinski definition) is 0. The molecule has 0 amide bonds. The summed E-state index contributed by atoms with van der Waals surface area (Å²) in [4.78, 5) is 23.8. The lowest BCUT2D eigenvalue weighted by molar-refractivity contribution is -0.870. The molecule has 5 heteroatoms. The smallest absolute Gasteiger partial charge is 0.339 e. The summed E-state index contributed by atoms with van der Waals surface area (Å²) in [7, 11) is 6.04. The number of likely N-dealkylation sites (N-methyl/N-ethyl adjacent to an activating group) is 1. The maximum absolute atomic E-state index is 12.0. The molecule has 1 rings (SSSR count). The highest BCUT2D eigenvalue weighted by Crippen LogP contribution is 2.12. The van der Waals surface area contributed by atoms with Gasteiger partial charge in [-0.2, -0.15) is 0 Å². The molecule has 0 aliphatic heterocycles. The fourth-order valence-electron chi connectivity index (χ4n) is 1.54. The molecule has 0 aromatic heterocycles. The minimum absolute atomic E-state index is 0.240. The lowest BCUT2D eigenvalue weighted by Gasteiger charge is -2.23. The SMILES string of the molecule is CCOC(=O)c1ccccc1C(=O)OCC[N+](C)(C)C. The van der Waals surface area contributed by atoms with Crippen molar-refractivity contribution in [3.8, 4) is 0 Å². The van der Waals surface area contributed by atoms with Gasteiger partial charge in [0.05, 0.1) is 38.9 Å². The Balaban J connectivity index is 2.75. The fourth-order valence-corrected chi connectivity index (χ4v) is 1.54. The van der Waals surface area contributed by atoms with Crippen molar-refractivity contribution in [3.63, 3.8) is 0 Å². The molecule has 110 valence electrons. The van der Waals surface area contributed by atoms with Gasteiger partial charge in [0, 0.05) is 0 Å². The Hall–Kier alpha value is -1.88. The van der Waals surface area contributed by atoms with Crippen LogP contribution < -0.4 is 0 Å². The minimum atomic E-state index is -0.508. The van der Waals surface area contributed by atoms with Gasteiger partial charge in [0.15, 0.2) is 0 Å². The summed E-state index contributed by atoms with van der Waals surface area (Å²) in [5.74, 6) is -1.01. The Kier molecular flexibility index (Phi) is 5.70. The number of carbonyl (C=O) groups excluding carboxylic acids is 2. The maximum Gasteiger partial charge on any atom is 0.339 e. The van der Waals surface area contributed by atoms with Crippen LogP contribution in [0.25, 0.3) is 0 Å². The number of carbonyl (C=O) groups is 2. The van der Waals surface area contributed by atoms with Crippen molar-refractivity contribution in [2.75, 3.05) is 40.9 Å². The van der Waals surface area contributed by atoms with E-state index < -0.39 is 11.9 Å². The van der Waals surface area contributed by atoms with Gasteiger partial charge in [-0.05, 0) is 19.1 Å². The first-order valence-corrected chi connectivity index (χ1v) is 6.59. The van der Waals surface area contributed by atoms with E-state index in [2.05, 4.69) is 0 Å². The van der Waals surface area contributed by atoms with Crippen molar-refractivity contribution in [1.29, 1.82) is 0 Å². The fraction of sp³-hybridized carbons (Fsp3) is 0.467. The van der Waals surface area contributed by atoms with E-state index in [1.54, 1.807) is 31.2 Å². The van der Waals surface area contributed by atoms with E-state index in [9.17, 15) is 9.59 Å². The average molecular weight is 280 g/mol. The van der Waals surface area contributed by atoms with E-state index in [1.165, 1.54) is 0 Å². The van der Waals surface area contributed by atoms with E-state index in [0.29, 0.717) is 17.6 Å². The normalized spacial score (nSPS) is 11.0. The third-order valence-electron chi connectivity index (χ3n) is 2.64. The summed E-state index contributed by atoms with van der Waals surface area (Å²) in [5.41, 5.74) is 0.483. The Labute approximate surface area is 119 Å². The predicted octanol–water partition coefficient (Wildman–Crippen LogP) is 1.73. The van der Waals surface area contributed by atoms with Crippen molar-refractivity contribution in [1.82, 2.24) is 0 Å². The van der Waals surface area contributed by atoms with Crippen LogP contribution in [0.3, 0.4) is 0 Å². The van der Waals surface area contributed by atoms with E-state index in [0.717, 1.165) is 0 Å². The van der Waals surface area contributed by atoms with E-state index in [4.69, 9.17) is 9.47 Å². The zero-order valence-electron chi connectivity index (χ0n) is 12.5. The first-order valence-electron chi connectivity index (χ1n) is 6.59. The molecule has 5 nitrogen and oxygen atoms in total. The molecule has 0 aliphatic carbocycles. The van der Waals surface area contributed by atoms with Gasteiger partial charge in [-0.25, -0.2) is 9.59 Å². The van der Waals surface area contributed by atoms with Crippen LogP contribution in [0.5, 0.6) is 0 Å². The van der Waals surface area contributed by atoms with Gasteiger partial charge in [-0.3, -0.25) is 0 Å². The van der Waals surface area contributed by atoms with Crippen LogP contribution in [0, 0.1) is 0 Å². The number of quaternary nitrogens is 1. The summed E-state index contributed by atoms with van der Waals surface area (Å²) in [6.07, 6.45) is 0. The standard InChI is InChI=1S/C15H22NO4/c1-5-19-14(17)12-8-6-7-9-13(12)15(18)20-11-10-16(2,3)4/h6-9H,5,10-11H2,1-4H3/q+1. The molecule has 0 saturated carbocycles. The van der Waals surface area contributed by atoms with Crippen molar-refractivity contribution < 1.29 is 23.5 Å². The zero-order valence-corrected chi connectivity index (χ0v) is 12.5. The van der Waals surface area contributed by atoms with Crippen LogP contribution in [0.2, 0.25) is 0 Å². The second-order valence-corrected chi connectivity index (χ2v) is 5.42. The van der Waals surface area contributed by atoms with Crippen LogP contribution in [0.4, 0.5) is 0 Å². The number of benzene rings is 1. The molecule has 1 aromatic rings.